The summed E-state index contributed by atoms with van der Waals surface area (Å²) < 4.78 is 10.5. The Balaban J connectivity index is 2.09. The molecule has 0 aliphatic heterocycles. The van der Waals surface area contributed by atoms with Crippen LogP contribution >= 0.6 is 0 Å². The minimum absolute atomic E-state index is 0.0662. The Labute approximate surface area is 140 Å². The van der Waals surface area contributed by atoms with Crippen LogP contribution in [0, 0.1) is 13.8 Å². The summed E-state index contributed by atoms with van der Waals surface area (Å²) >= 11 is 0. The monoisotopic (exact) mass is 325 g/mol. The van der Waals surface area contributed by atoms with Gasteiger partial charge >= 0.3 is 0 Å². The number of aryl methyl sites for hydroxylation is 2. The van der Waals surface area contributed by atoms with Gasteiger partial charge in [-0.25, -0.2) is 0 Å². The van der Waals surface area contributed by atoms with E-state index in [9.17, 15) is 10.2 Å². The maximum atomic E-state index is 10.8. The van der Waals surface area contributed by atoms with E-state index in [1.165, 1.54) is 0 Å². The van der Waals surface area contributed by atoms with Crippen LogP contribution in [0.3, 0.4) is 0 Å². The molecule has 0 fully saturated rings. The van der Waals surface area contributed by atoms with Crippen LogP contribution in [-0.4, -0.2) is 22.5 Å². The Bertz CT molecular complexity index is 850. The molecule has 5 heteroatoms. The van der Waals surface area contributed by atoms with E-state index in [0.29, 0.717) is 22.6 Å². The molecule has 0 amide bonds. The van der Waals surface area contributed by atoms with E-state index in [1.807, 2.05) is 32.0 Å². The molecule has 24 heavy (non-hydrogen) atoms. The highest BCUT2D eigenvalue weighted by molar-refractivity contribution is 5.70. The number of rotatable bonds is 4. The molecule has 1 heterocycles. The SMILES string of the molecule is COc1ccccc1C(O)c1cc(O)cc(-c2c(C)noc2C)c1. The van der Waals surface area contributed by atoms with Gasteiger partial charge in [0.1, 0.15) is 23.4 Å². The minimum atomic E-state index is -0.924. The summed E-state index contributed by atoms with van der Waals surface area (Å²) in [5.74, 6) is 1.32. The Morgan fingerprint density at radius 3 is 2.54 bits per heavy atom. The average Bonchev–Trinajstić information content (AvgIpc) is 2.92. The van der Waals surface area contributed by atoms with E-state index in [1.54, 1.807) is 31.4 Å². The molecule has 2 N–H and O–H groups in total. The number of para-hydroxylation sites is 1. The van der Waals surface area contributed by atoms with Crippen LogP contribution in [0.15, 0.2) is 47.0 Å². The molecule has 124 valence electrons. The number of phenols is 1. The summed E-state index contributed by atoms with van der Waals surface area (Å²) in [5.41, 5.74) is 3.50. The van der Waals surface area contributed by atoms with Gasteiger partial charge in [0.05, 0.1) is 12.8 Å². The average molecular weight is 325 g/mol. The van der Waals surface area contributed by atoms with Crippen LogP contribution in [-0.2, 0) is 0 Å². The van der Waals surface area contributed by atoms with Gasteiger partial charge in [0.2, 0.25) is 0 Å². The third-order valence-corrected chi connectivity index (χ3v) is 4.01. The summed E-state index contributed by atoms with van der Waals surface area (Å²) in [5, 5.41) is 24.8. The lowest BCUT2D eigenvalue weighted by Crippen LogP contribution is -2.02. The lowest BCUT2D eigenvalue weighted by atomic mass is 9.95. The summed E-state index contributed by atoms with van der Waals surface area (Å²) in [4.78, 5) is 0. The first-order valence-electron chi connectivity index (χ1n) is 7.59. The van der Waals surface area contributed by atoms with Gasteiger partial charge in [0.15, 0.2) is 0 Å². The first-order valence-corrected chi connectivity index (χ1v) is 7.59. The standard InChI is InChI=1S/C19H19NO4/c1-11-18(12(2)24-20-11)13-8-14(10-15(21)9-13)19(22)16-6-4-5-7-17(16)23-3/h4-10,19,21-22H,1-3H3. The first-order chi connectivity index (χ1) is 11.5. The fraction of sp³-hybridized carbons (Fsp3) is 0.211. The molecule has 2 aromatic carbocycles. The predicted molar refractivity (Wildman–Crippen MR) is 90.1 cm³/mol. The topological polar surface area (TPSA) is 75.7 Å². The largest absolute Gasteiger partial charge is 0.508 e. The van der Waals surface area contributed by atoms with Crippen molar-refractivity contribution in [2.24, 2.45) is 0 Å². The highest BCUT2D eigenvalue weighted by Crippen LogP contribution is 2.36. The Kier molecular flexibility index (Phi) is 4.27. The van der Waals surface area contributed by atoms with Gasteiger partial charge in [-0.2, -0.15) is 0 Å². The van der Waals surface area contributed by atoms with Crippen molar-refractivity contribution in [1.29, 1.82) is 0 Å². The number of hydrogen-bond donors (Lipinski definition) is 2. The third kappa shape index (κ3) is 2.86. The molecule has 0 bridgehead atoms. The van der Waals surface area contributed by atoms with E-state index in [2.05, 4.69) is 5.16 Å². The number of aliphatic hydroxyl groups is 1. The zero-order valence-corrected chi connectivity index (χ0v) is 13.8. The van der Waals surface area contributed by atoms with Crippen molar-refractivity contribution in [3.8, 4) is 22.6 Å². The van der Waals surface area contributed by atoms with Gasteiger partial charge in [0, 0.05) is 11.1 Å². The number of nitrogens with zero attached hydrogens (tertiary/aromatic N) is 1. The van der Waals surface area contributed by atoms with Crippen LogP contribution in [0.5, 0.6) is 11.5 Å². The maximum Gasteiger partial charge on any atom is 0.141 e. The number of hydrogen-bond acceptors (Lipinski definition) is 5. The normalized spacial score (nSPS) is 12.2. The van der Waals surface area contributed by atoms with Crippen LogP contribution in [0.4, 0.5) is 0 Å². The summed E-state index contributed by atoms with van der Waals surface area (Å²) in [6.45, 7) is 3.65. The molecule has 3 rings (SSSR count). The van der Waals surface area contributed by atoms with Gasteiger partial charge in [-0.1, -0.05) is 23.4 Å². The summed E-state index contributed by atoms with van der Waals surface area (Å²) in [7, 11) is 1.56. The lowest BCUT2D eigenvalue weighted by molar-refractivity contribution is 0.214. The Morgan fingerprint density at radius 1 is 1.12 bits per heavy atom. The molecule has 1 aromatic heterocycles. The van der Waals surface area contributed by atoms with E-state index < -0.39 is 6.10 Å². The van der Waals surface area contributed by atoms with Gasteiger partial charge in [-0.3, -0.25) is 0 Å². The number of ether oxygens (including phenoxy) is 1. The van der Waals surface area contributed by atoms with E-state index in [0.717, 1.165) is 16.8 Å². The number of benzene rings is 2. The Hall–Kier alpha value is -2.79. The summed E-state index contributed by atoms with van der Waals surface area (Å²) in [6, 6.07) is 12.2. The van der Waals surface area contributed by atoms with Crippen molar-refractivity contribution in [2.45, 2.75) is 20.0 Å². The highest BCUT2D eigenvalue weighted by atomic mass is 16.5. The quantitative estimate of drug-likeness (QED) is 0.764. The van der Waals surface area contributed by atoms with Gasteiger partial charge in [-0.05, 0) is 49.2 Å². The zero-order chi connectivity index (χ0) is 17.3. The van der Waals surface area contributed by atoms with Gasteiger partial charge in [0.25, 0.3) is 0 Å². The van der Waals surface area contributed by atoms with E-state index in [4.69, 9.17) is 9.26 Å². The smallest absolute Gasteiger partial charge is 0.141 e. The molecule has 0 saturated heterocycles. The molecule has 3 aromatic rings. The van der Waals surface area contributed by atoms with E-state index >= 15 is 0 Å². The lowest BCUT2D eigenvalue weighted by Gasteiger charge is -2.16. The molecule has 0 aliphatic rings. The van der Waals surface area contributed by atoms with Crippen LogP contribution in [0.25, 0.3) is 11.1 Å². The van der Waals surface area contributed by atoms with Crippen LogP contribution < -0.4 is 4.74 Å². The number of methoxy groups -OCH3 is 1. The number of aromatic nitrogens is 1. The number of phenolic OH excluding ortho intramolecular Hbond substituents is 1. The summed E-state index contributed by atoms with van der Waals surface area (Å²) in [6.07, 6.45) is -0.924. The number of aliphatic hydroxyl groups excluding tert-OH is 1. The highest BCUT2D eigenvalue weighted by Gasteiger charge is 2.19. The second-order valence-electron chi connectivity index (χ2n) is 5.66. The molecule has 0 aliphatic carbocycles. The molecule has 0 radical (unpaired) electrons. The molecule has 5 nitrogen and oxygen atoms in total. The fourth-order valence-electron chi connectivity index (χ4n) is 2.90. The first kappa shape index (κ1) is 16.1. The second-order valence-corrected chi connectivity index (χ2v) is 5.66. The molecule has 1 atom stereocenters. The number of aromatic hydroxyl groups is 1. The molecule has 0 spiro atoms. The van der Waals surface area contributed by atoms with E-state index in [-0.39, 0.29) is 5.75 Å². The predicted octanol–water partition coefficient (Wildman–Crippen LogP) is 3.75. The second kappa shape index (κ2) is 6.37. The Morgan fingerprint density at radius 2 is 1.88 bits per heavy atom. The zero-order valence-electron chi connectivity index (χ0n) is 13.8. The molecular formula is C19H19NO4. The van der Waals surface area contributed by atoms with Crippen molar-refractivity contribution in [3.05, 3.63) is 65.0 Å². The van der Waals surface area contributed by atoms with Crippen LogP contribution in [0.1, 0.15) is 28.7 Å². The third-order valence-electron chi connectivity index (χ3n) is 4.01. The molecular weight excluding hydrogens is 306 g/mol. The van der Waals surface area contributed by atoms with Crippen LogP contribution in [0.2, 0.25) is 0 Å². The van der Waals surface area contributed by atoms with Gasteiger partial charge < -0.3 is 19.5 Å². The van der Waals surface area contributed by atoms with Gasteiger partial charge in [-0.15, -0.1) is 0 Å². The molecule has 0 saturated carbocycles. The molecule has 1 unspecified atom stereocenters. The fourth-order valence-corrected chi connectivity index (χ4v) is 2.90. The van der Waals surface area contributed by atoms with Crippen molar-refractivity contribution >= 4 is 0 Å². The minimum Gasteiger partial charge on any atom is -0.508 e. The maximum absolute atomic E-state index is 10.8. The van der Waals surface area contributed by atoms with Crippen molar-refractivity contribution < 1.29 is 19.5 Å². The van der Waals surface area contributed by atoms with Crippen molar-refractivity contribution in [1.82, 2.24) is 5.16 Å². The van der Waals surface area contributed by atoms with Crippen molar-refractivity contribution in [3.63, 3.8) is 0 Å². The van der Waals surface area contributed by atoms with Crippen molar-refractivity contribution in [2.75, 3.05) is 7.11 Å².